The Labute approximate surface area is 253 Å². The van der Waals surface area contributed by atoms with Crippen molar-refractivity contribution in [2.75, 3.05) is 5.75 Å². The molecule has 9 nitrogen and oxygen atoms in total. The molecule has 11 heteroatoms. The number of guanidine groups is 1. The van der Waals surface area contributed by atoms with Crippen LogP contribution >= 0.6 is 21.6 Å². The molecule has 0 radical (unpaired) electrons. The third-order valence-corrected chi connectivity index (χ3v) is 12.7. The molecule has 7 rings (SSSR count). The largest absolute Gasteiger partial charge is 0.489 e. The Morgan fingerprint density at radius 3 is 2.60 bits per heavy atom. The summed E-state index contributed by atoms with van der Waals surface area (Å²) in [5.41, 5.74) is 12.0. The predicted molar refractivity (Wildman–Crippen MR) is 166 cm³/mol. The fourth-order valence-corrected chi connectivity index (χ4v) is 10.7. The van der Waals surface area contributed by atoms with Gasteiger partial charge in [-0.25, -0.2) is 4.99 Å². The maximum absolute atomic E-state index is 14.2. The molecule has 3 saturated carbocycles. The Balaban J connectivity index is 1.46. The smallest absolute Gasteiger partial charge is 0.196 e. The highest BCUT2D eigenvalue weighted by molar-refractivity contribution is 8.76. The Morgan fingerprint density at radius 2 is 1.86 bits per heavy atom. The van der Waals surface area contributed by atoms with E-state index in [1.807, 2.05) is 6.92 Å². The molecular weight excluding hydrogens is 574 g/mol. The quantitative estimate of drug-likeness (QED) is 0.210. The van der Waals surface area contributed by atoms with E-state index in [0.29, 0.717) is 40.4 Å². The highest BCUT2D eigenvalue weighted by atomic mass is 33.1. The van der Waals surface area contributed by atoms with E-state index in [4.69, 9.17) is 25.4 Å². The molecule has 228 valence electrons. The van der Waals surface area contributed by atoms with Crippen molar-refractivity contribution in [2.24, 2.45) is 21.9 Å². The van der Waals surface area contributed by atoms with Crippen molar-refractivity contribution in [1.29, 1.82) is 0 Å². The van der Waals surface area contributed by atoms with Gasteiger partial charge >= 0.3 is 0 Å². The van der Waals surface area contributed by atoms with Crippen molar-refractivity contribution in [3.05, 3.63) is 33.2 Å². The molecule has 5 atom stereocenters. The topological polar surface area (TPSA) is 154 Å². The molecule has 3 heterocycles. The van der Waals surface area contributed by atoms with Gasteiger partial charge in [0.15, 0.2) is 11.4 Å². The van der Waals surface area contributed by atoms with Crippen LogP contribution in [0.15, 0.2) is 20.3 Å². The summed E-state index contributed by atoms with van der Waals surface area (Å²) in [7, 11) is 3.30. The van der Waals surface area contributed by atoms with Crippen LogP contribution in [0.4, 0.5) is 0 Å². The standard InChI is InChI=1S/C31H41N3O6S2/c1-30(37)10-6-9-17-22-24(40-28(17)30)18-14-41-42-15-21(34-29(32)33)31(11-4-5-12-31)27(36)20-13-19(35)23(25(18)39-20)26(22)38-16-7-2-3-8-16/h13,16-17,21,27-28,36-37H,2-12,14-15H2,1H3,(H4,32,33,34). The lowest BCUT2D eigenvalue weighted by molar-refractivity contribution is -0.0727. The van der Waals surface area contributed by atoms with E-state index >= 15 is 0 Å². The first-order chi connectivity index (χ1) is 20.2. The molecular formula is C31H41N3O6S2. The number of rotatable bonds is 3. The van der Waals surface area contributed by atoms with Gasteiger partial charge in [0.25, 0.3) is 0 Å². The lowest BCUT2D eigenvalue weighted by Crippen LogP contribution is -2.47. The zero-order chi connectivity index (χ0) is 29.2. The fraction of sp³-hybridized carbons (Fsp3) is 0.677. The minimum absolute atomic E-state index is 0.00582. The average Bonchev–Trinajstić information content (AvgIpc) is 3.71. The lowest BCUT2D eigenvalue weighted by Gasteiger charge is -2.38. The van der Waals surface area contributed by atoms with Crippen molar-refractivity contribution < 1.29 is 24.1 Å². The monoisotopic (exact) mass is 615 g/mol. The van der Waals surface area contributed by atoms with Crippen LogP contribution in [0.25, 0.3) is 11.0 Å². The Bertz CT molecular complexity index is 1460. The highest BCUT2D eigenvalue weighted by Gasteiger charge is 2.52. The van der Waals surface area contributed by atoms with E-state index in [1.165, 1.54) is 6.07 Å². The number of hydrogen-bond donors (Lipinski definition) is 4. The van der Waals surface area contributed by atoms with Crippen LogP contribution in [0.3, 0.4) is 0 Å². The first-order valence-corrected chi connectivity index (χ1v) is 17.9. The second-order valence-corrected chi connectivity index (χ2v) is 15.7. The normalized spacial score (nSPS) is 32.4. The first kappa shape index (κ1) is 28.7. The van der Waals surface area contributed by atoms with Crippen LogP contribution in [0.2, 0.25) is 0 Å². The number of nitrogens with two attached hydrogens (primary N) is 2. The molecule has 1 aromatic heterocycles. The molecule has 0 saturated heterocycles. The van der Waals surface area contributed by atoms with Gasteiger partial charge in [-0.1, -0.05) is 34.4 Å². The van der Waals surface area contributed by atoms with E-state index < -0.39 is 23.2 Å². The molecule has 1 spiro atoms. The number of aliphatic imine (C=N–C) groups is 1. The molecule has 2 aromatic rings. The van der Waals surface area contributed by atoms with Crippen molar-refractivity contribution in [1.82, 2.24) is 0 Å². The van der Waals surface area contributed by atoms with Gasteiger partial charge in [-0.05, 0) is 64.7 Å². The third-order valence-electron chi connectivity index (χ3n) is 10.4. The predicted octanol–water partition coefficient (Wildman–Crippen LogP) is 5.02. The number of aliphatic hydroxyl groups is 2. The minimum Gasteiger partial charge on any atom is -0.489 e. The van der Waals surface area contributed by atoms with E-state index in [9.17, 15) is 15.0 Å². The second-order valence-electron chi connectivity index (χ2n) is 13.1. The Hall–Kier alpha value is -2.08. The molecule has 5 unspecified atom stereocenters. The summed E-state index contributed by atoms with van der Waals surface area (Å²) in [6.45, 7) is 1.85. The maximum Gasteiger partial charge on any atom is 0.196 e. The van der Waals surface area contributed by atoms with Crippen LogP contribution in [0.5, 0.6) is 11.5 Å². The molecule has 42 heavy (non-hydrogen) atoms. The van der Waals surface area contributed by atoms with Gasteiger partial charge in [-0.15, -0.1) is 0 Å². The number of hydrogen-bond acceptors (Lipinski definition) is 9. The molecule has 0 amide bonds. The number of ether oxygens (including phenoxy) is 2. The average molecular weight is 616 g/mol. The summed E-state index contributed by atoms with van der Waals surface area (Å²) in [5.74, 6) is 2.50. The third kappa shape index (κ3) is 4.61. The summed E-state index contributed by atoms with van der Waals surface area (Å²) in [5, 5.41) is 23.8. The minimum atomic E-state index is -1.06. The summed E-state index contributed by atoms with van der Waals surface area (Å²) in [6, 6.07) is 1.13. The second kappa shape index (κ2) is 10.8. The van der Waals surface area contributed by atoms with Gasteiger partial charge in [0.05, 0.1) is 17.7 Å². The lowest BCUT2D eigenvalue weighted by atomic mass is 9.73. The molecule has 2 bridgehead atoms. The van der Waals surface area contributed by atoms with Crippen molar-refractivity contribution in [3.8, 4) is 11.5 Å². The highest BCUT2D eigenvalue weighted by Crippen LogP contribution is 2.58. The van der Waals surface area contributed by atoms with E-state index in [2.05, 4.69) is 4.99 Å². The zero-order valence-corrected chi connectivity index (χ0v) is 25.7. The van der Waals surface area contributed by atoms with Crippen LogP contribution < -0.4 is 26.4 Å². The van der Waals surface area contributed by atoms with Gasteiger partial charge < -0.3 is 35.6 Å². The molecule has 1 aromatic carbocycles. The summed E-state index contributed by atoms with van der Waals surface area (Å²) in [4.78, 5) is 18.8. The first-order valence-electron chi connectivity index (χ1n) is 15.4. The van der Waals surface area contributed by atoms with E-state index in [0.717, 1.165) is 75.3 Å². The summed E-state index contributed by atoms with van der Waals surface area (Å²) < 4.78 is 20.1. The molecule has 3 aliphatic carbocycles. The van der Waals surface area contributed by atoms with Gasteiger partial charge in [-0.2, -0.15) is 0 Å². The molecule has 3 fully saturated rings. The fourth-order valence-electron chi connectivity index (χ4n) is 8.34. The van der Waals surface area contributed by atoms with E-state index in [1.54, 1.807) is 21.6 Å². The Morgan fingerprint density at radius 1 is 1.10 bits per heavy atom. The molecule has 2 aliphatic heterocycles. The van der Waals surface area contributed by atoms with Crippen molar-refractivity contribution in [2.45, 2.75) is 119 Å². The maximum atomic E-state index is 14.2. The molecule has 5 aliphatic rings. The Kier molecular flexibility index (Phi) is 7.39. The van der Waals surface area contributed by atoms with Gasteiger partial charge in [0.1, 0.15) is 40.4 Å². The van der Waals surface area contributed by atoms with Gasteiger partial charge in [-0.3, -0.25) is 4.79 Å². The number of nitrogens with zero attached hydrogens (tertiary/aromatic N) is 1. The van der Waals surface area contributed by atoms with E-state index in [-0.39, 0.29) is 35.2 Å². The molecule has 6 N–H and O–H groups in total. The van der Waals surface area contributed by atoms with Gasteiger partial charge in [0, 0.05) is 40.0 Å². The van der Waals surface area contributed by atoms with Crippen LogP contribution in [-0.2, 0) is 5.75 Å². The van der Waals surface area contributed by atoms with Crippen LogP contribution in [0.1, 0.15) is 106 Å². The number of aliphatic hydroxyl groups excluding tert-OH is 1. The van der Waals surface area contributed by atoms with Crippen molar-refractivity contribution in [3.63, 3.8) is 0 Å². The van der Waals surface area contributed by atoms with Crippen LogP contribution in [0, 0.1) is 5.41 Å². The SMILES string of the molecule is CC1(O)CCCC2c3c(c4c5oc(cc(=O)c5c3OC3CCCC3)C(O)C3(CCCC3)C(N=C(N)N)CSSC4)OC21. The van der Waals surface area contributed by atoms with Crippen LogP contribution in [-0.4, -0.2) is 45.8 Å². The van der Waals surface area contributed by atoms with Crippen molar-refractivity contribution >= 4 is 38.5 Å². The summed E-state index contributed by atoms with van der Waals surface area (Å²) in [6.07, 6.45) is 8.33. The summed E-state index contributed by atoms with van der Waals surface area (Å²) >= 11 is 0. The number of fused-ring (bicyclic) bond motifs is 5. The van der Waals surface area contributed by atoms with Gasteiger partial charge in [0.2, 0.25) is 0 Å². The number of benzene rings is 1. The zero-order valence-electron chi connectivity index (χ0n) is 24.1.